The van der Waals surface area contributed by atoms with Crippen LogP contribution < -0.4 is 0 Å². The zero-order valence-electron chi connectivity index (χ0n) is 10.7. The first-order valence-electron chi connectivity index (χ1n) is 6.78. The van der Waals surface area contributed by atoms with E-state index in [1.807, 2.05) is 18.2 Å². The van der Waals surface area contributed by atoms with Gasteiger partial charge in [-0.2, -0.15) is 0 Å². The molecule has 1 aliphatic heterocycles. The Balaban J connectivity index is 1.72. The van der Waals surface area contributed by atoms with Gasteiger partial charge in [0, 0.05) is 24.3 Å². The van der Waals surface area contributed by atoms with Crippen molar-refractivity contribution in [2.75, 3.05) is 0 Å². The monoisotopic (exact) mass is 266 g/mol. The predicted molar refractivity (Wildman–Crippen MR) is 71.8 cm³/mol. The van der Waals surface area contributed by atoms with E-state index in [0.717, 1.165) is 29.8 Å². The van der Waals surface area contributed by atoms with Gasteiger partial charge in [-0.05, 0) is 31.4 Å². The van der Waals surface area contributed by atoms with Crippen molar-refractivity contribution < 1.29 is 9.47 Å². The van der Waals surface area contributed by atoms with Crippen molar-refractivity contribution in [1.29, 1.82) is 0 Å². The third kappa shape index (κ3) is 2.29. The first-order chi connectivity index (χ1) is 8.69. The number of ether oxygens (including phenoxy) is 2. The first-order valence-corrected chi connectivity index (χ1v) is 7.15. The van der Waals surface area contributed by atoms with Crippen LogP contribution in [0.15, 0.2) is 24.3 Å². The Bertz CT molecular complexity index is 426. The van der Waals surface area contributed by atoms with Crippen LogP contribution in [0.5, 0.6) is 0 Å². The largest absolute Gasteiger partial charge is 0.344 e. The van der Waals surface area contributed by atoms with Crippen LogP contribution in [0.25, 0.3) is 0 Å². The molecule has 0 unspecified atom stereocenters. The molecule has 2 nitrogen and oxygen atoms in total. The molecule has 18 heavy (non-hydrogen) atoms. The lowest BCUT2D eigenvalue weighted by Crippen LogP contribution is -2.27. The molecule has 1 saturated heterocycles. The summed E-state index contributed by atoms with van der Waals surface area (Å²) in [7, 11) is 0. The van der Waals surface area contributed by atoms with Crippen LogP contribution in [-0.4, -0.2) is 18.0 Å². The van der Waals surface area contributed by atoms with Gasteiger partial charge in [-0.25, -0.2) is 0 Å². The van der Waals surface area contributed by atoms with E-state index in [1.165, 1.54) is 12.8 Å². The lowest BCUT2D eigenvalue weighted by molar-refractivity contribution is -0.167. The summed E-state index contributed by atoms with van der Waals surface area (Å²) in [4.78, 5) is 0. The Kier molecular flexibility index (Phi) is 3.35. The molecular formula is C15H19ClO2. The van der Waals surface area contributed by atoms with E-state index < -0.39 is 0 Å². The summed E-state index contributed by atoms with van der Waals surface area (Å²) in [6.45, 7) is 2.11. The molecule has 1 spiro atoms. The van der Waals surface area contributed by atoms with Gasteiger partial charge in [-0.1, -0.05) is 29.8 Å². The minimum Gasteiger partial charge on any atom is -0.344 e. The van der Waals surface area contributed by atoms with Gasteiger partial charge in [0.25, 0.3) is 0 Å². The van der Waals surface area contributed by atoms with Gasteiger partial charge in [0.2, 0.25) is 0 Å². The van der Waals surface area contributed by atoms with Gasteiger partial charge in [0.1, 0.15) is 0 Å². The Labute approximate surface area is 113 Å². The average molecular weight is 267 g/mol. The molecular weight excluding hydrogens is 248 g/mol. The molecule has 1 aromatic rings. The average Bonchev–Trinajstić information content (AvgIpc) is 2.91. The molecule has 1 aliphatic carbocycles. The quantitative estimate of drug-likeness (QED) is 0.807. The molecule has 3 rings (SSSR count). The highest BCUT2D eigenvalue weighted by Gasteiger charge is 2.47. The van der Waals surface area contributed by atoms with E-state index in [-0.39, 0.29) is 18.0 Å². The topological polar surface area (TPSA) is 18.5 Å². The third-order valence-corrected chi connectivity index (χ3v) is 4.40. The van der Waals surface area contributed by atoms with Crippen LogP contribution in [0, 0.1) is 0 Å². The molecule has 1 aromatic carbocycles. The maximum atomic E-state index is 6.21. The van der Waals surface area contributed by atoms with Crippen molar-refractivity contribution in [3.05, 3.63) is 34.9 Å². The number of halogens is 1. The summed E-state index contributed by atoms with van der Waals surface area (Å²) >= 11 is 6.21. The summed E-state index contributed by atoms with van der Waals surface area (Å²) in [6, 6.07) is 7.98. The van der Waals surface area contributed by atoms with Gasteiger partial charge < -0.3 is 9.47 Å². The minimum absolute atomic E-state index is 0.128. The van der Waals surface area contributed by atoms with Gasteiger partial charge in [-0.3, -0.25) is 0 Å². The molecule has 0 radical (unpaired) electrons. The molecule has 98 valence electrons. The molecule has 1 saturated carbocycles. The highest BCUT2D eigenvalue weighted by atomic mass is 35.5. The Morgan fingerprint density at radius 2 is 1.94 bits per heavy atom. The smallest absolute Gasteiger partial charge is 0.169 e. The van der Waals surface area contributed by atoms with Crippen LogP contribution in [0.2, 0.25) is 5.02 Å². The molecule has 2 aliphatic rings. The lowest BCUT2D eigenvalue weighted by Gasteiger charge is -2.22. The fraction of sp³-hybridized carbons (Fsp3) is 0.600. The number of hydrogen-bond donors (Lipinski definition) is 0. The van der Waals surface area contributed by atoms with E-state index in [1.54, 1.807) is 0 Å². The predicted octanol–water partition coefficient (Wildman–Crippen LogP) is 3.96. The molecule has 2 fully saturated rings. The van der Waals surface area contributed by atoms with Crippen molar-refractivity contribution in [1.82, 2.24) is 0 Å². The maximum Gasteiger partial charge on any atom is 0.169 e. The second-order valence-electron chi connectivity index (χ2n) is 5.39. The molecule has 0 aromatic heterocycles. The molecule has 1 heterocycles. The molecule has 2 atom stereocenters. The van der Waals surface area contributed by atoms with Crippen molar-refractivity contribution in [2.45, 2.75) is 57.0 Å². The van der Waals surface area contributed by atoms with Crippen molar-refractivity contribution in [3.63, 3.8) is 0 Å². The summed E-state index contributed by atoms with van der Waals surface area (Å²) in [5.74, 6) is -0.286. The molecule has 0 N–H and O–H groups in total. The van der Waals surface area contributed by atoms with Crippen LogP contribution in [0.3, 0.4) is 0 Å². The SMILES string of the molecule is C[C@@H]1OC2(CCCC2)O[C@H]1Cc1ccccc1Cl. The fourth-order valence-corrected chi connectivity index (χ4v) is 3.26. The summed E-state index contributed by atoms with van der Waals surface area (Å²) in [5, 5.41) is 0.820. The Hall–Kier alpha value is -0.570. The second-order valence-corrected chi connectivity index (χ2v) is 5.80. The van der Waals surface area contributed by atoms with Crippen LogP contribution in [0.4, 0.5) is 0 Å². The highest BCUT2D eigenvalue weighted by molar-refractivity contribution is 6.31. The van der Waals surface area contributed by atoms with E-state index in [4.69, 9.17) is 21.1 Å². The summed E-state index contributed by atoms with van der Waals surface area (Å²) in [5.41, 5.74) is 1.15. The van der Waals surface area contributed by atoms with Crippen LogP contribution in [0.1, 0.15) is 38.2 Å². The number of rotatable bonds is 2. The molecule has 0 amide bonds. The zero-order chi connectivity index (χ0) is 12.6. The number of benzene rings is 1. The lowest BCUT2D eigenvalue weighted by atomic mass is 10.0. The van der Waals surface area contributed by atoms with Gasteiger partial charge >= 0.3 is 0 Å². The molecule has 3 heteroatoms. The van der Waals surface area contributed by atoms with Gasteiger partial charge in [0.05, 0.1) is 12.2 Å². The van der Waals surface area contributed by atoms with Crippen molar-refractivity contribution >= 4 is 11.6 Å². The minimum atomic E-state index is -0.286. The van der Waals surface area contributed by atoms with Crippen molar-refractivity contribution in [3.8, 4) is 0 Å². The summed E-state index contributed by atoms with van der Waals surface area (Å²) < 4.78 is 12.3. The van der Waals surface area contributed by atoms with Crippen LogP contribution >= 0.6 is 11.6 Å². The standard InChI is InChI=1S/C15H19ClO2/c1-11-14(10-12-6-2-3-7-13(12)16)18-15(17-11)8-4-5-9-15/h2-3,6-7,11,14H,4-5,8-10H2,1H3/t11-,14-/m0/s1. The van der Waals surface area contributed by atoms with Crippen LogP contribution in [-0.2, 0) is 15.9 Å². The fourth-order valence-electron chi connectivity index (χ4n) is 3.05. The highest BCUT2D eigenvalue weighted by Crippen LogP contribution is 2.42. The van der Waals surface area contributed by atoms with E-state index >= 15 is 0 Å². The first kappa shape index (κ1) is 12.5. The van der Waals surface area contributed by atoms with Crippen molar-refractivity contribution in [2.24, 2.45) is 0 Å². The second kappa shape index (κ2) is 4.84. The maximum absolute atomic E-state index is 6.21. The Morgan fingerprint density at radius 3 is 2.67 bits per heavy atom. The van der Waals surface area contributed by atoms with E-state index in [9.17, 15) is 0 Å². The molecule has 0 bridgehead atoms. The Morgan fingerprint density at radius 1 is 1.22 bits per heavy atom. The zero-order valence-corrected chi connectivity index (χ0v) is 11.5. The summed E-state index contributed by atoms with van der Waals surface area (Å²) in [6.07, 6.45) is 5.62. The van der Waals surface area contributed by atoms with Gasteiger partial charge in [0.15, 0.2) is 5.79 Å². The third-order valence-electron chi connectivity index (χ3n) is 4.03. The number of hydrogen-bond acceptors (Lipinski definition) is 2. The van der Waals surface area contributed by atoms with Gasteiger partial charge in [-0.15, -0.1) is 0 Å². The normalized spacial score (nSPS) is 30.1. The van der Waals surface area contributed by atoms with E-state index in [2.05, 4.69) is 13.0 Å². The van der Waals surface area contributed by atoms with E-state index in [0.29, 0.717) is 0 Å².